The minimum atomic E-state index is -1.17. The van der Waals surface area contributed by atoms with Gasteiger partial charge in [0, 0.05) is 5.69 Å². The number of nitrogens with one attached hydrogen (secondary N) is 1. The highest BCUT2D eigenvalue weighted by atomic mass is 32.2. The van der Waals surface area contributed by atoms with E-state index in [1.165, 1.54) is 6.20 Å². The molecule has 6 nitrogen and oxygen atoms in total. The fraction of sp³-hybridized carbons (Fsp3) is 0.389. The zero-order valence-electron chi connectivity index (χ0n) is 14.1. The van der Waals surface area contributed by atoms with Crippen LogP contribution in [-0.2, 0) is 11.3 Å². The molecule has 1 aliphatic heterocycles. The molecule has 0 bridgehead atoms. The second-order valence-electron chi connectivity index (χ2n) is 6.24. The van der Waals surface area contributed by atoms with E-state index in [-0.39, 0.29) is 5.91 Å². The predicted octanol–water partition coefficient (Wildman–Crippen LogP) is 2.32. The molecule has 0 aliphatic carbocycles. The highest BCUT2D eigenvalue weighted by Crippen LogP contribution is 2.28. The molecule has 0 spiro atoms. The normalized spacial score (nSPS) is 16.4. The van der Waals surface area contributed by atoms with Crippen LogP contribution in [0.5, 0.6) is 0 Å². The van der Waals surface area contributed by atoms with Gasteiger partial charge in [-0.15, -0.1) is 0 Å². The Morgan fingerprint density at radius 1 is 1.28 bits per heavy atom. The van der Waals surface area contributed by atoms with Gasteiger partial charge >= 0.3 is 5.97 Å². The molecule has 0 unspecified atom stereocenters. The minimum absolute atomic E-state index is 0.369. The number of carboxylic acid groups (broad SMARTS) is 1. The van der Waals surface area contributed by atoms with Gasteiger partial charge in [-0.25, -0.2) is 4.79 Å². The number of carbonyl (C=O) groups is 2. The summed E-state index contributed by atoms with van der Waals surface area (Å²) >= 11 is 1.71. The van der Waals surface area contributed by atoms with E-state index in [0.717, 1.165) is 22.8 Å². The maximum Gasteiger partial charge on any atom is 0.329 e. The molecule has 2 heterocycles. The van der Waals surface area contributed by atoms with E-state index in [1.54, 1.807) is 16.4 Å². The molecule has 0 saturated carbocycles. The third-order valence-corrected chi connectivity index (χ3v) is 5.62. The van der Waals surface area contributed by atoms with Crippen molar-refractivity contribution in [3.8, 4) is 0 Å². The highest BCUT2D eigenvalue weighted by molar-refractivity contribution is 7.99. The molecular formula is C18H21N3O3S. The van der Waals surface area contributed by atoms with Crippen molar-refractivity contribution in [1.82, 2.24) is 15.1 Å². The summed E-state index contributed by atoms with van der Waals surface area (Å²) in [6, 6.07) is 9.87. The van der Waals surface area contributed by atoms with Gasteiger partial charge in [0.25, 0.3) is 5.91 Å². The van der Waals surface area contributed by atoms with Crippen molar-refractivity contribution in [2.45, 2.75) is 31.8 Å². The highest BCUT2D eigenvalue weighted by Gasteiger charge is 2.41. The summed E-state index contributed by atoms with van der Waals surface area (Å²) in [7, 11) is 0. The van der Waals surface area contributed by atoms with Crippen LogP contribution in [0, 0.1) is 6.92 Å². The Bertz CT molecular complexity index is 767. The van der Waals surface area contributed by atoms with E-state index in [1.807, 2.05) is 37.3 Å². The number of amides is 1. The van der Waals surface area contributed by atoms with Gasteiger partial charge in [0.05, 0.1) is 18.3 Å². The topological polar surface area (TPSA) is 84.2 Å². The number of nitrogens with zero attached hydrogens (tertiary/aromatic N) is 2. The van der Waals surface area contributed by atoms with Gasteiger partial charge < -0.3 is 10.4 Å². The third-order valence-electron chi connectivity index (χ3n) is 4.63. The average molecular weight is 359 g/mol. The molecular weight excluding hydrogens is 338 g/mol. The van der Waals surface area contributed by atoms with E-state index in [4.69, 9.17) is 0 Å². The van der Waals surface area contributed by atoms with Crippen LogP contribution in [0.4, 0.5) is 0 Å². The number of aromatic nitrogens is 2. The first kappa shape index (κ1) is 17.5. The van der Waals surface area contributed by atoms with Crippen molar-refractivity contribution in [3.63, 3.8) is 0 Å². The quantitative estimate of drug-likeness (QED) is 0.856. The summed E-state index contributed by atoms with van der Waals surface area (Å²) in [5, 5.41) is 16.7. The summed E-state index contributed by atoms with van der Waals surface area (Å²) in [5.74, 6) is 0.138. The van der Waals surface area contributed by atoms with Crippen LogP contribution in [0.1, 0.15) is 34.5 Å². The van der Waals surface area contributed by atoms with E-state index in [9.17, 15) is 14.7 Å². The number of aliphatic carboxylic acids is 1. The summed E-state index contributed by atoms with van der Waals surface area (Å²) in [4.78, 5) is 24.4. The number of thioether (sulfide) groups is 1. The number of hydrogen-bond acceptors (Lipinski definition) is 4. The van der Waals surface area contributed by atoms with Gasteiger partial charge in [0.2, 0.25) is 0 Å². The molecule has 1 aliphatic rings. The molecule has 1 fully saturated rings. The maximum atomic E-state index is 12.7. The molecule has 1 aromatic carbocycles. The molecule has 25 heavy (non-hydrogen) atoms. The third kappa shape index (κ3) is 3.71. The summed E-state index contributed by atoms with van der Waals surface area (Å²) in [6.07, 6.45) is 2.40. The summed E-state index contributed by atoms with van der Waals surface area (Å²) in [6.45, 7) is 2.40. The van der Waals surface area contributed by atoms with E-state index in [2.05, 4.69) is 10.4 Å². The van der Waals surface area contributed by atoms with Crippen molar-refractivity contribution < 1.29 is 14.7 Å². The van der Waals surface area contributed by atoms with E-state index >= 15 is 0 Å². The fourth-order valence-electron chi connectivity index (χ4n) is 2.98. The monoisotopic (exact) mass is 359 g/mol. The fourth-order valence-corrected chi connectivity index (χ4v) is 4.17. The van der Waals surface area contributed by atoms with Gasteiger partial charge in [-0.3, -0.25) is 9.48 Å². The van der Waals surface area contributed by atoms with Gasteiger partial charge in [0.1, 0.15) is 5.54 Å². The van der Waals surface area contributed by atoms with Crippen LogP contribution >= 0.6 is 11.8 Å². The molecule has 7 heteroatoms. The van der Waals surface area contributed by atoms with Crippen molar-refractivity contribution in [2.24, 2.45) is 0 Å². The van der Waals surface area contributed by atoms with Crippen LogP contribution in [0.25, 0.3) is 0 Å². The van der Waals surface area contributed by atoms with Crippen molar-refractivity contribution in [1.29, 1.82) is 0 Å². The first-order valence-corrected chi connectivity index (χ1v) is 9.37. The Balaban J connectivity index is 1.77. The lowest BCUT2D eigenvalue weighted by atomic mass is 9.92. The first-order chi connectivity index (χ1) is 12.0. The van der Waals surface area contributed by atoms with Crippen molar-refractivity contribution in [2.75, 3.05) is 11.5 Å². The minimum Gasteiger partial charge on any atom is -0.480 e. The van der Waals surface area contributed by atoms with Gasteiger partial charge in [-0.1, -0.05) is 30.3 Å². The van der Waals surface area contributed by atoms with Gasteiger partial charge in [-0.05, 0) is 36.8 Å². The number of carbonyl (C=O) groups excluding carboxylic acids is 1. The van der Waals surface area contributed by atoms with E-state index < -0.39 is 11.5 Å². The van der Waals surface area contributed by atoms with Crippen LogP contribution in [0.3, 0.4) is 0 Å². The molecule has 0 atom stereocenters. The second kappa shape index (κ2) is 7.31. The Morgan fingerprint density at radius 3 is 2.60 bits per heavy atom. The second-order valence-corrected chi connectivity index (χ2v) is 7.47. The van der Waals surface area contributed by atoms with E-state index in [0.29, 0.717) is 24.9 Å². The van der Waals surface area contributed by atoms with Gasteiger partial charge in [0.15, 0.2) is 0 Å². The molecule has 132 valence electrons. The molecule has 3 rings (SSSR count). The molecule has 1 amide bonds. The predicted molar refractivity (Wildman–Crippen MR) is 96.9 cm³/mol. The summed E-state index contributed by atoms with van der Waals surface area (Å²) < 4.78 is 1.76. The smallest absolute Gasteiger partial charge is 0.329 e. The number of hydrogen-bond donors (Lipinski definition) is 2. The summed E-state index contributed by atoms with van der Waals surface area (Å²) in [5.41, 5.74) is 1.07. The number of carboxylic acids is 1. The van der Waals surface area contributed by atoms with Crippen molar-refractivity contribution >= 4 is 23.6 Å². The maximum absolute atomic E-state index is 12.7. The molecule has 1 saturated heterocycles. The van der Waals surface area contributed by atoms with Crippen LogP contribution < -0.4 is 5.32 Å². The molecule has 0 radical (unpaired) electrons. The van der Waals surface area contributed by atoms with Crippen LogP contribution in [-0.4, -0.2) is 43.8 Å². The average Bonchev–Trinajstić information content (AvgIpc) is 2.97. The van der Waals surface area contributed by atoms with Gasteiger partial charge in [-0.2, -0.15) is 16.9 Å². The lowest BCUT2D eigenvalue weighted by Gasteiger charge is -2.33. The molecule has 2 aromatic rings. The lowest BCUT2D eigenvalue weighted by molar-refractivity contribution is -0.144. The van der Waals surface area contributed by atoms with Crippen LogP contribution in [0.2, 0.25) is 0 Å². The molecule has 1 aromatic heterocycles. The Kier molecular flexibility index (Phi) is 5.13. The Labute approximate surface area is 150 Å². The zero-order valence-corrected chi connectivity index (χ0v) is 14.9. The van der Waals surface area contributed by atoms with Crippen molar-refractivity contribution in [3.05, 3.63) is 53.3 Å². The standard InChI is InChI=1S/C18H21N3O3S/c1-13-15(11-19-21(13)12-14-5-3-2-4-6-14)16(22)20-18(17(23)24)7-9-25-10-8-18/h2-6,11H,7-10,12H2,1H3,(H,20,22)(H,23,24). The SMILES string of the molecule is Cc1c(C(=O)NC2(C(=O)O)CCSCC2)cnn1Cc1ccccc1. The Morgan fingerprint density at radius 2 is 1.96 bits per heavy atom. The number of benzene rings is 1. The number of rotatable bonds is 5. The Hall–Kier alpha value is -2.28. The zero-order chi connectivity index (χ0) is 17.9. The lowest BCUT2D eigenvalue weighted by Crippen LogP contribution is -2.56. The first-order valence-electron chi connectivity index (χ1n) is 8.22. The molecule has 2 N–H and O–H groups in total. The largest absolute Gasteiger partial charge is 0.480 e. The van der Waals surface area contributed by atoms with Crippen LogP contribution in [0.15, 0.2) is 36.5 Å².